The van der Waals surface area contributed by atoms with Crippen molar-refractivity contribution in [2.45, 2.75) is 6.54 Å². The van der Waals surface area contributed by atoms with Gasteiger partial charge in [-0.1, -0.05) is 17.7 Å². The second kappa shape index (κ2) is 7.61. The van der Waals surface area contributed by atoms with E-state index in [9.17, 15) is 4.79 Å². The molecule has 0 fully saturated rings. The maximum Gasteiger partial charge on any atom is 0.267 e. The highest BCUT2D eigenvalue weighted by molar-refractivity contribution is 7.80. The lowest BCUT2D eigenvalue weighted by Crippen LogP contribution is -2.38. The second-order valence-corrected chi connectivity index (χ2v) is 6.68. The van der Waals surface area contributed by atoms with Gasteiger partial charge in [-0.3, -0.25) is 10.1 Å². The summed E-state index contributed by atoms with van der Waals surface area (Å²) in [5.74, 6) is 1.24. The summed E-state index contributed by atoms with van der Waals surface area (Å²) in [5.41, 5.74) is 0.944. The van der Waals surface area contributed by atoms with Crippen LogP contribution in [0.15, 0.2) is 58.3 Å². The summed E-state index contributed by atoms with van der Waals surface area (Å²) >= 11 is 12.4. The molecule has 0 spiro atoms. The van der Waals surface area contributed by atoms with Gasteiger partial charge in [-0.2, -0.15) is 0 Å². The van der Waals surface area contributed by atoms with Crippen LogP contribution in [0.1, 0.15) is 15.4 Å². The van der Waals surface area contributed by atoms with E-state index in [-0.39, 0.29) is 11.0 Å². The average Bonchev–Trinajstić information content (AvgIpc) is 3.25. The smallest absolute Gasteiger partial charge is 0.267 e. The zero-order chi connectivity index (χ0) is 16.9. The maximum absolute atomic E-state index is 11.9. The van der Waals surface area contributed by atoms with Crippen molar-refractivity contribution < 1.29 is 9.21 Å². The Morgan fingerprint density at radius 3 is 2.67 bits per heavy atom. The van der Waals surface area contributed by atoms with Gasteiger partial charge in [-0.05, 0) is 60.1 Å². The van der Waals surface area contributed by atoms with Gasteiger partial charge in [0.1, 0.15) is 11.5 Å². The molecule has 7 heteroatoms. The monoisotopic (exact) mass is 376 g/mol. The van der Waals surface area contributed by atoms with E-state index in [4.69, 9.17) is 28.2 Å². The van der Waals surface area contributed by atoms with Crippen LogP contribution in [-0.4, -0.2) is 11.0 Å². The number of carbonyl (C=O) groups excluding carboxylic acids is 1. The average molecular weight is 377 g/mol. The number of furan rings is 1. The van der Waals surface area contributed by atoms with Crippen LogP contribution in [0, 0.1) is 0 Å². The minimum absolute atomic E-state index is 0.219. The quantitative estimate of drug-likeness (QED) is 0.660. The van der Waals surface area contributed by atoms with E-state index in [1.54, 1.807) is 6.07 Å². The zero-order valence-corrected chi connectivity index (χ0v) is 14.8. The highest BCUT2D eigenvalue weighted by atomic mass is 35.5. The normalized spacial score (nSPS) is 10.4. The van der Waals surface area contributed by atoms with E-state index >= 15 is 0 Å². The Kier molecular flexibility index (Phi) is 5.30. The van der Waals surface area contributed by atoms with Crippen LogP contribution < -0.4 is 10.6 Å². The van der Waals surface area contributed by atoms with Crippen LogP contribution in [0.2, 0.25) is 5.02 Å². The van der Waals surface area contributed by atoms with Gasteiger partial charge in [0.05, 0.1) is 11.4 Å². The molecule has 122 valence electrons. The lowest BCUT2D eigenvalue weighted by atomic mass is 10.2. The molecule has 1 amide bonds. The fourth-order valence-electron chi connectivity index (χ4n) is 2.03. The minimum atomic E-state index is -0.219. The first-order chi connectivity index (χ1) is 11.6. The van der Waals surface area contributed by atoms with Crippen LogP contribution in [-0.2, 0) is 6.54 Å². The van der Waals surface area contributed by atoms with Crippen molar-refractivity contribution >= 4 is 46.2 Å². The van der Waals surface area contributed by atoms with Gasteiger partial charge in [0.2, 0.25) is 0 Å². The predicted molar refractivity (Wildman–Crippen MR) is 100 cm³/mol. The molecule has 0 atom stereocenters. The van der Waals surface area contributed by atoms with E-state index < -0.39 is 0 Å². The van der Waals surface area contributed by atoms with Gasteiger partial charge < -0.3 is 9.73 Å². The summed E-state index contributed by atoms with van der Waals surface area (Å²) in [6, 6.07) is 14.7. The third-order valence-corrected chi connectivity index (χ3v) is 4.55. The molecule has 3 rings (SSSR count). The molecule has 0 aliphatic heterocycles. The molecule has 0 aliphatic carbocycles. The lowest BCUT2D eigenvalue weighted by Gasteiger charge is -2.07. The first-order valence-electron chi connectivity index (χ1n) is 7.09. The molecule has 2 aromatic heterocycles. The molecular weight excluding hydrogens is 364 g/mol. The second-order valence-electron chi connectivity index (χ2n) is 4.89. The number of thiocarbonyl (C=S) groups is 1. The van der Waals surface area contributed by atoms with Gasteiger partial charge >= 0.3 is 0 Å². The molecule has 3 aromatic rings. The molecule has 4 nitrogen and oxygen atoms in total. The molecule has 2 N–H and O–H groups in total. The van der Waals surface area contributed by atoms with Crippen molar-refractivity contribution in [2.24, 2.45) is 0 Å². The van der Waals surface area contributed by atoms with Crippen LogP contribution in [0.4, 0.5) is 0 Å². The SMILES string of the molecule is O=C(NC(=S)NCc1ccc(-c2ccc(Cl)cc2)o1)c1cccs1. The number of thiophene rings is 1. The Hall–Kier alpha value is -2.15. The third kappa shape index (κ3) is 4.23. The van der Waals surface area contributed by atoms with Crippen LogP contribution in [0.3, 0.4) is 0 Å². The largest absolute Gasteiger partial charge is 0.459 e. The summed E-state index contributed by atoms with van der Waals surface area (Å²) in [6.45, 7) is 0.386. The minimum Gasteiger partial charge on any atom is -0.459 e. The molecule has 0 saturated carbocycles. The van der Waals surface area contributed by atoms with Gasteiger partial charge in [0, 0.05) is 10.6 Å². The number of hydrogen-bond acceptors (Lipinski definition) is 4. The molecule has 0 radical (unpaired) electrons. The summed E-state index contributed by atoms with van der Waals surface area (Å²) in [7, 11) is 0. The number of hydrogen-bond donors (Lipinski definition) is 2. The number of carbonyl (C=O) groups is 1. The van der Waals surface area contributed by atoms with Crippen LogP contribution in [0.5, 0.6) is 0 Å². The zero-order valence-electron chi connectivity index (χ0n) is 12.4. The summed E-state index contributed by atoms with van der Waals surface area (Å²) in [6.07, 6.45) is 0. The molecule has 24 heavy (non-hydrogen) atoms. The summed E-state index contributed by atoms with van der Waals surface area (Å²) in [5, 5.41) is 8.37. The van der Waals surface area contributed by atoms with E-state index in [0.717, 1.165) is 11.3 Å². The number of benzene rings is 1. The third-order valence-electron chi connectivity index (χ3n) is 3.19. The molecule has 0 saturated heterocycles. The van der Waals surface area contributed by atoms with Gasteiger partial charge in [0.15, 0.2) is 5.11 Å². The van der Waals surface area contributed by atoms with Crippen molar-refractivity contribution in [2.75, 3.05) is 0 Å². The highest BCUT2D eigenvalue weighted by Gasteiger charge is 2.09. The Labute approximate surface area is 153 Å². The van der Waals surface area contributed by atoms with E-state index in [1.165, 1.54) is 11.3 Å². The van der Waals surface area contributed by atoms with Gasteiger partial charge in [-0.15, -0.1) is 11.3 Å². The number of rotatable bonds is 4. The van der Waals surface area contributed by atoms with E-state index in [0.29, 0.717) is 22.2 Å². The summed E-state index contributed by atoms with van der Waals surface area (Å²) < 4.78 is 5.76. The highest BCUT2D eigenvalue weighted by Crippen LogP contribution is 2.23. The molecule has 1 aromatic carbocycles. The predicted octanol–water partition coefficient (Wildman–Crippen LogP) is 4.47. The van der Waals surface area contributed by atoms with E-state index in [1.807, 2.05) is 47.8 Å². The molecule has 0 aliphatic rings. The molecular formula is C17H13ClN2O2S2. The van der Waals surface area contributed by atoms with Crippen molar-refractivity contribution in [3.05, 3.63) is 69.6 Å². The molecule has 0 bridgehead atoms. The van der Waals surface area contributed by atoms with Crippen molar-refractivity contribution in [3.8, 4) is 11.3 Å². The van der Waals surface area contributed by atoms with Crippen molar-refractivity contribution in [1.29, 1.82) is 0 Å². The topological polar surface area (TPSA) is 54.3 Å². The fraction of sp³-hybridized carbons (Fsp3) is 0.0588. The van der Waals surface area contributed by atoms with E-state index in [2.05, 4.69) is 10.6 Å². The fourth-order valence-corrected chi connectivity index (χ4v) is 2.94. The Balaban J connectivity index is 1.54. The van der Waals surface area contributed by atoms with Crippen molar-refractivity contribution in [1.82, 2.24) is 10.6 Å². The number of amides is 1. The number of halogens is 1. The lowest BCUT2D eigenvalue weighted by molar-refractivity contribution is 0.0980. The van der Waals surface area contributed by atoms with Crippen LogP contribution in [0.25, 0.3) is 11.3 Å². The molecule has 0 unspecified atom stereocenters. The standard InChI is InChI=1S/C17H13ClN2O2S2/c18-12-5-3-11(4-6-12)14-8-7-13(22-14)10-19-17(23)20-16(21)15-2-1-9-24-15/h1-9H,10H2,(H2,19,20,21,23). The van der Waals surface area contributed by atoms with Gasteiger partial charge in [-0.25, -0.2) is 0 Å². The molecule has 2 heterocycles. The van der Waals surface area contributed by atoms with Gasteiger partial charge in [0.25, 0.3) is 5.91 Å². The Morgan fingerprint density at radius 1 is 1.17 bits per heavy atom. The van der Waals surface area contributed by atoms with Crippen molar-refractivity contribution in [3.63, 3.8) is 0 Å². The first kappa shape index (κ1) is 16.7. The van der Waals surface area contributed by atoms with Crippen LogP contribution >= 0.6 is 35.2 Å². The maximum atomic E-state index is 11.9. The first-order valence-corrected chi connectivity index (χ1v) is 8.76. The summed E-state index contributed by atoms with van der Waals surface area (Å²) in [4.78, 5) is 12.5. The number of nitrogens with one attached hydrogen (secondary N) is 2. The Morgan fingerprint density at radius 2 is 1.96 bits per heavy atom. The Bertz CT molecular complexity index is 842.